The van der Waals surface area contributed by atoms with Gasteiger partial charge in [-0.3, -0.25) is 9.59 Å². The SMILES string of the molecule is COc1ccc(CC(=O)NN=C(C)c2cccc(NC(=O)C(F)(F)F)c2)cc1. The van der Waals surface area contributed by atoms with Crippen molar-refractivity contribution in [2.24, 2.45) is 5.10 Å². The third kappa shape index (κ3) is 6.11. The van der Waals surface area contributed by atoms with Gasteiger partial charge in [0.05, 0.1) is 19.2 Å². The van der Waals surface area contributed by atoms with Gasteiger partial charge in [-0.15, -0.1) is 0 Å². The summed E-state index contributed by atoms with van der Waals surface area (Å²) in [6, 6.07) is 12.7. The van der Waals surface area contributed by atoms with Crippen LogP contribution in [0.2, 0.25) is 0 Å². The van der Waals surface area contributed by atoms with Crippen LogP contribution in [0.25, 0.3) is 0 Å². The number of ether oxygens (including phenoxy) is 1. The molecule has 2 aromatic rings. The highest BCUT2D eigenvalue weighted by atomic mass is 19.4. The number of nitrogens with zero attached hydrogens (tertiary/aromatic N) is 1. The zero-order valence-corrected chi connectivity index (χ0v) is 15.1. The van der Waals surface area contributed by atoms with Crippen LogP contribution in [0.3, 0.4) is 0 Å². The summed E-state index contributed by atoms with van der Waals surface area (Å²) in [6.45, 7) is 1.58. The van der Waals surface area contributed by atoms with Crippen LogP contribution in [0.1, 0.15) is 18.1 Å². The molecule has 2 rings (SSSR count). The van der Waals surface area contributed by atoms with Crippen LogP contribution in [0.15, 0.2) is 53.6 Å². The number of methoxy groups -OCH3 is 1. The molecule has 0 aliphatic rings. The lowest BCUT2D eigenvalue weighted by Crippen LogP contribution is -2.30. The second-order valence-electron chi connectivity index (χ2n) is 5.79. The fourth-order valence-corrected chi connectivity index (χ4v) is 2.20. The highest BCUT2D eigenvalue weighted by Crippen LogP contribution is 2.19. The summed E-state index contributed by atoms with van der Waals surface area (Å²) in [5, 5.41) is 5.72. The minimum absolute atomic E-state index is 0.0288. The Morgan fingerprint density at radius 2 is 1.79 bits per heavy atom. The predicted molar refractivity (Wildman–Crippen MR) is 98.2 cm³/mol. The summed E-state index contributed by atoms with van der Waals surface area (Å²) in [4.78, 5) is 23.0. The highest BCUT2D eigenvalue weighted by molar-refractivity contribution is 6.01. The van der Waals surface area contributed by atoms with Crippen molar-refractivity contribution in [3.8, 4) is 5.75 Å². The Morgan fingerprint density at radius 1 is 1.11 bits per heavy atom. The van der Waals surface area contributed by atoms with E-state index in [-0.39, 0.29) is 18.0 Å². The molecule has 0 bridgehead atoms. The van der Waals surface area contributed by atoms with Crippen LogP contribution in [0, 0.1) is 0 Å². The second-order valence-corrected chi connectivity index (χ2v) is 5.79. The molecule has 2 amide bonds. The van der Waals surface area contributed by atoms with E-state index in [9.17, 15) is 22.8 Å². The lowest BCUT2D eigenvalue weighted by atomic mass is 10.1. The molecule has 0 aromatic heterocycles. The Bertz CT molecular complexity index is 878. The van der Waals surface area contributed by atoms with Crippen LogP contribution in [-0.4, -0.2) is 30.8 Å². The monoisotopic (exact) mass is 393 g/mol. The van der Waals surface area contributed by atoms with Crippen LogP contribution in [-0.2, 0) is 16.0 Å². The third-order valence-corrected chi connectivity index (χ3v) is 3.67. The zero-order chi connectivity index (χ0) is 20.7. The molecule has 0 atom stereocenters. The van der Waals surface area contributed by atoms with Gasteiger partial charge in [0, 0.05) is 5.69 Å². The lowest BCUT2D eigenvalue weighted by Gasteiger charge is -2.09. The van der Waals surface area contributed by atoms with Crippen molar-refractivity contribution in [1.29, 1.82) is 0 Å². The van der Waals surface area contributed by atoms with Gasteiger partial charge in [0.2, 0.25) is 5.91 Å². The molecule has 0 fully saturated rings. The molecule has 148 valence electrons. The van der Waals surface area contributed by atoms with Crippen molar-refractivity contribution >= 4 is 23.2 Å². The van der Waals surface area contributed by atoms with Crippen LogP contribution < -0.4 is 15.5 Å². The largest absolute Gasteiger partial charge is 0.497 e. The first-order chi connectivity index (χ1) is 13.2. The van der Waals surface area contributed by atoms with Crippen molar-refractivity contribution in [2.45, 2.75) is 19.5 Å². The Hall–Kier alpha value is -3.36. The first-order valence-electron chi connectivity index (χ1n) is 8.13. The van der Waals surface area contributed by atoms with Gasteiger partial charge >= 0.3 is 12.1 Å². The van der Waals surface area contributed by atoms with E-state index < -0.39 is 12.1 Å². The standard InChI is InChI=1S/C19H18F3N3O3/c1-12(14-4-3-5-15(11-14)23-18(27)19(20,21)22)24-25-17(26)10-13-6-8-16(28-2)9-7-13/h3-9,11H,10H2,1-2H3,(H,23,27)(H,25,26). The maximum atomic E-state index is 12.3. The van der Waals surface area contributed by atoms with Gasteiger partial charge in [-0.25, -0.2) is 5.43 Å². The number of nitrogens with one attached hydrogen (secondary N) is 2. The van der Waals surface area contributed by atoms with Crippen molar-refractivity contribution in [1.82, 2.24) is 5.43 Å². The molecular weight excluding hydrogens is 375 g/mol. The number of rotatable bonds is 6. The van der Waals surface area contributed by atoms with Gasteiger partial charge in [0.25, 0.3) is 0 Å². The molecule has 9 heteroatoms. The van der Waals surface area contributed by atoms with Gasteiger partial charge in [0.15, 0.2) is 0 Å². The summed E-state index contributed by atoms with van der Waals surface area (Å²) in [5.74, 6) is -1.74. The molecule has 0 heterocycles. The number of anilines is 1. The zero-order valence-electron chi connectivity index (χ0n) is 15.1. The van der Waals surface area contributed by atoms with Crippen molar-refractivity contribution in [3.05, 3.63) is 59.7 Å². The summed E-state index contributed by atoms with van der Waals surface area (Å²) < 4.78 is 42.0. The summed E-state index contributed by atoms with van der Waals surface area (Å²) in [6.07, 6.45) is -4.88. The number of alkyl halides is 3. The average molecular weight is 393 g/mol. The molecule has 0 spiro atoms. The number of benzene rings is 2. The van der Waals surface area contributed by atoms with E-state index in [0.29, 0.717) is 17.0 Å². The minimum Gasteiger partial charge on any atom is -0.497 e. The van der Waals surface area contributed by atoms with E-state index in [1.807, 2.05) is 0 Å². The molecule has 28 heavy (non-hydrogen) atoms. The summed E-state index contributed by atoms with van der Waals surface area (Å²) in [7, 11) is 1.54. The van der Waals surface area contributed by atoms with E-state index >= 15 is 0 Å². The first-order valence-corrected chi connectivity index (χ1v) is 8.13. The molecular formula is C19H18F3N3O3. The summed E-state index contributed by atoms with van der Waals surface area (Å²) >= 11 is 0. The predicted octanol–water partition coefficient (Wildman–Crippen LogP) is 3.28. The van der Waals surface area contributed by atoms with Crippen molar-refractivity contribution < 1.29 is 27.5 Å². The molecule has 6 nitrogen and oxygen atoms in total. The molecule has 0 saturated heterocycles. The lowest BCUT2D eigenvalue weighted by molar-refractivity contribution is -0.167. The molecule has 0 aliphatic heterocycles. The fraction of sp³-hybridized carbons (Fsp3) is 0.211. The number of carbonyl (C=O) groups excluding carboxylic acids is 2. The molecule has 2 N–H and O–H groups in total. The molecule has 0 aliphatic carbocycles. The van der Waals surface area contributed by atoms with Crippen LogP contribution >= 0.6 is 0 Å². The van der Waals surface area contributed by atoms with Crippen molar-refractivity contribution in [2.75, 3.05) is 12.4 Å². The fourth-order valence-electron chi connectivity index (χ4n) is 2.20. The maximum Gasteiger partial charge on any atom is 0.471 e. The molecule has 0 radical (unpaired) electrons. The van der Waals surface area contributed by atoms with E-state index in [1.54, 1.807) is 49.7 Å². The number of halogens is 3. The Balaban J connectivity index is 1.99. The second kappa shape index (κ2) is 9.03. The molecule has 0 saturated carbocycles. The van der Waals surface area contributed by atoms with Crippen LogP contribution in [0.4, 0.5) is 18.9 Å². The maximum absolute atomic E-state index is 12.3. The normalized spacial score (nSPS) is 11.7. The van der Waals surface area contributed by atoms with Gasteiger partial charge < -0.3 is 10.1 Å². The Kier molecular flexibility index (Phi) is 6.75. The van der Waals surface area contributed by atoms with Gasteiger partial charge in [0.1, 0.15) is 5.75 Å². The van der Waals surface area contributed by atoms with Gasteiger partial charge in [-0.05, 0) is 42.3 Å². The number of hydrazone groups is 1. The van der Waals surface area contributed by atoms with Gasteiger partial charge in [-0.1, -0.05) is 24.3 Å². The van der Waals surface area contributed by atoms with Crippen LogP contribution in [0.5, 0.6) is 5.75 Å². The van der Waals surface area contributed by atoms with E-state index in [0.717, 1.165) is 5.56 Å². The molecule has 2 aromatic carbocycles. The van der Waals surface area contributed by atoms with E-state index in [2.05, 4.69) is 10.5 Å². The molecule has 0 unspecified atom stereocenters. The smallest absolute Gasteiger partial charge is 0.471 e. The van der Waals surface area contributed by atoms with Crippen molar-refractivity contribution in [3.63, 3.8) is 0 Å². The topological polar surface area (TPSA) is 79.8 Å². The highest BCUT2D eigenvalue weighted by Gasteiger charge is 2.38. The summed E-state index contributed by atoms with van der Waals surface area (Å²) in [5.41, 5.74) is 3.95. The van der Waals surface area contributed by atoms with E-state index in [1.165, 1.54) is 18.2 Å². The first kappa shape index (κ1) is 20.9. The van der Waals surface area contributed by atoms with Gasteiger partial charge in [-0.2, -0.15) is 18.3 Å². The average Bonchev–Trinajstić information content (AvgIpc) is 2.66. The number of hydrogen-bond donors (Lipinski definition) is 2. The number of carbonyl (C=O) groups is 2. The Morgan fingerprint density at radius 3 is 2.39 bits per heavy atom. The Labute approximate surface area is 159 Å². The third-order valence-electron chi connectivity index (χ3n) is 3.67. The minimum atomic E-state index is -4.98. The quantitative estimate of drug-likeness (QED) is 0.584. The number of amides is 2. The van der Waals surface area contributed by atoms with E-state index in [4.69, 9.17) is 4.74 Å². The number of hydrogen-bond acceptors (Lipinski definition) is 4.